The zero-order valence-corrected chi connectivity index (χ0v) is 12.5. The molecule has 1 aliphatic rings. The van der Waals surface area contributed by atoms with Crippen molar-refractivity contribution in [3.8, 4) is 11.5 Å². The van der Waals surface area contributed by atoms with Crippen LogP contribution in [0.1, 0.15) is 32.2 Å². The van der Waals surface area contributed by atoms with Crippen LogP contribution in [0, 0.1) is 0 Å². The van der Waals surface area contributed by atoms with Crippen molar-refractivity contribution in [3.63, 3.8) is 0 Å². The summed E-state index contributed by atoms with van der Waals surface area (Å²) >= 11 is 0. The molecule has 0 amide bonds. The molecule has 0 aliphatic carbocycles. The first-order chi connectivity index (χ1) is 11.9. The largest absolute Gasteiger partial charge is 0.478 e. The summed E-state index contributed by atoms with van der Waals surface area (Å²) in [7, 11) is 0. The van der Waals surface area contributed by atoms with Gasteiger partial charge in [-0.3, -0.25) is 9.59 Å². The number of carbonyl (C=O) groups excluding carboxylic acids is 2. The molecule has 2 aromatic rings. The number of ether oxygens (including phenoxy) is 2. The number of carboxylic acid groups (broad SMARTS) is 2. The van der Waals surface area contributed by atoms with E-state index >= 15 is 0 Å². The van der Waals surface area contributed by atoms with Crippen LogP contribution in [0.3, 0.4) is 0 Å². The van der Waals surface area contributed by atoms with E-state index < -0.39 is 35.4 Å². The summed E-state index contributed by atoms with van der Waals surface area (Å²) in [6.07, 6.45) is 0. The zero-order chi connectivity index (χ0) is 18.1. The normalized spacial score (nSPS) is 13.8. The van der Waals surface area contributed by atoms with Crippen molar-refractivity contribution in [2.45, 2.75) is 5.92 Å². The SMILES string of the molecule is O=C(O)c1ccc(Oc2ccc(C3C(=O)OC3=O)cc2)cc1C(=O)O. The minimum atomic E-state index is -1.39. The van der Waals surface area contributed by atoms with Gasteiger partial charge in [-0.15, -0.1) is 0 Å². The van der Waals surface area contributed by atoms with E-state index in [9.17, 15) is 19.2 Å². The molecule has 8 nitrogen and oxygen atoms in total. The molecule has 3 rings (SSSR count). The molecule has 1 heterocycles. The van der Waals surface area contributed by atoms with Crippen molar-refractivity contribution in [3.05, 3.63) is 59.2 Å². The number of aromatic carboxylic acids is 2. The van der Waals surface area contributed by atoms with Gasteiger partial charge < -0.3 is 19.7 Å². The maximum Gasteiger partial charge on any atom is 0.336 e. The van der Waals surface area contributed by atoms with E-state index in [1.54, 1.807) is 0 Å². The van der Waals surface area contributed by atoms with Crippen LogP contribution in [0.15, 0.2) is 42.5 Å². The van der Waals surface area contributed by atoms with E-state index in [4.69, 9.17) is 14.9 Å². The van der Waals surface area contributed by atoms with Crippen molar-refractivity contribution in [2.24, 2.45) is 0 Å². The average molecular weight is 342 g/mol. The van der Waals surface area contributed by atoms with Gasteiger partial charge in [0.05, 0.1) is 11.1 Å². The number of hydrogen-bond donors (Lipinski definition) is 2. The summed E-state index contributed by atoms with van der Waals surface area (Å²) in [5.41, 5.74) is -0.289. The molecule has 1 fully saturated rings. The van der Waals surface area contributed by atoms with Crippen molar-refractivity contribution in [2.75, 3.05) is 0 Å². The number of hydrogen-bond acceptors (Lipinski definition) is 6. The molecule has 1 saturated heterocycles. The molecule has 126 valence electrons. The van der Waals surface area contributed by atoms with Crippen LogP contribution in [-0.4, -0.2) is 34.1 Å². The number of rotatable bonds is 5. The summed E-state index contributed by atoms with van der Waals surface area (Å²) in [6.45, 7) is 0. The van der Waals surface area contributed by atoms with E-state index in [0.29, 0.717) is 11.3 Å². The quantitative estimate of drug-likeness (QED) is 0.624. The predicted octanol–water partition coefficient (Wildman–Crippen LogP) is 2.04. The molecule has 2 N–H and O–H groups in total. The second-order valence-corrected chi connectivity index (χ2v) is 5.16. The van der Waals surface area contributed by atoms with Gasteiger partial charge in [0.15, 0.2) is 5.92 Å². The third kappa shape index (κ3) is 3.05. The Morgan fingerprint density at radius 2 is 1.40 bits per heavy atom. The highest BCUT2D eigenvalue weighted by Crippen LogP contribution is 2.30. The predicted molar refractivity (Wildman–Crippen MR) is 80.7 cm³/mol. The van der Waals surface area contributed by atoms with Gasteiger partial charge in [0.25, 0.3) is 0 Å². The third-order valence-corrected chi connectivity index (χ3v) is 3.57. The fraction of sp³-hybridized carbons (Fsp3) is 0.0588. The van der Waals surface area contributed by atoms with Gasteiger partial charge in [0, 0.05) is 0 Å². The Kier molecular flexibility index (Phi) is 3.94. The molecule has 25 heavy (non-hydrogen) atoms. The Hall–Kier alpha value is -3.68. The first-order valence-electron chi connectivity index (χ1n) is 7.01. The van der Waals surface area contributed by atoms with Crippen LogP contribution in [-0.2, 0) is 14.3 Å². The Labute approximate surface area is 140 Å². The Balaban J connectivity index is 1.82. The molecule has 0 bridgehead atoms. The molecular weight excluding hydrogens is 332 g/mol. The maximum absolute atomic E-state index is 11.2. The summed E-state index contributed by atoms with van der Waals surface area (Å²) in [6, 6.07) is 9.60. The van der Waals surface area contributed by atoms with Crippen molar-refractivity contribution in [1.29, 1.82) is 0 Å². The zero-order valence-electron chi connectivity index (χ0n) is 12.5. The number of carbonyl (C=O) groups is 4. The van der Waals surface area contributed by atoms with E-state index in [1.165, 1.54) is 30.3 Å². The highest BCUT2D eigenvalue weighted by atomic mass is 16.6. The lowest BCUT2D eigenvalue weighted by molar-refractivity contribution is -0.178. The van der Waals surface area contributed by atoms with Gasteiger partial charge in [-0.2, -0.15) is 0 Å². The lowest BCUT2D eigenvalue weighted by atomic mass is 9.96. The molecule has 0 spiro atoms. The molecule has 2 aromatic carbocycles. The lowest BCUT2D eigenvalue weighted by Gasteiger charge is -2.21. The van der Waals surface area contributed by atoms with Crippen LogP contribution in [0.25, 0.3) is 0 Å². The van der Waals surface area contributed by atoms with Gasteiger partial charge in [-0.05, 0) is 35.9 Å². The Bertz CT molecular complexity index is 883. The molecule has 0 radical (unpaired) electrons. The topological polar surface area (TPSA) is 127 Å². The minimum absolute atomic E-state index is 0.134. The van der Waals surface area contributed by atoms with E-state index in [0.717, 1.165) is 12.1 Å². The first-order valence-corrected chi connectivity index (χ1v) is 7.01. The second kappa shape index (κ2) is 6.08. The average Bonchev–Trinajstić information content (AvgIpc) is 2.56. The smallest absolute Gasteiger partial charge is 0.336 e. The van der Waals surface area contributed by atoms with Crippen LogP contribution < -0.4 is 4.74 Å². The molecular formula is C17H10O8. The summed E-state index contributed by atoms with van der Waals surface area (Å²) in [4.78, 5) is 44.6. The molecule has 0 atom stereocenters. The van der Waals surface area contributed by atoms with Gasteiger partial charge in [0.1, 0.15) is 11.5 Å². The summed E-state index contributed by atoms with van der Waals surface area (Å²) in [5.74, 6) is -4.45. The summed E-state index contributed by atoms with van der Waals surface area (Å²) in [5, 5.41) is 18.1. The molecule has 1 aliphatic heterocycles. The van der Waals surface area contributed by atoms with E-state index in [2.05, 4.69) is 4.74 Å². The fourth-order valence-corrected chi connectivity index (χ4v) is 2.34. The highest BCUT2D eigenvalue weighted by molar-refractivity contribution is 6.14. The minimum Gasteiger partial charge on any atom is -0.478 e. The molecule has 8 heteroatoms. The molecule has 0 saturated carbocycles. The number of cyclic esters (lactones) is 2. The number of carboxylic acids is 2. The van der Waals surface area contributed by atoms with Crippen LogP contribution in [0.5, 0.6) is 11.5 Å². The monoisotopic (exact) mass is 342 g/mol. The van der Waals surface area contributed by atoms with Crippen LogP contribution >= 0.6 is 0 Å². The maximum atomic E-state index is 11.2. The van der Waals surface area contributed by atoms with Crippen LogP contribution in [0.2, 0.25) is 0 Å². The number of benzene rings is 2. The van der Waals surface area contributed by atoms with Crippen LogP contribution in [0.4, 0.5) is 0 Å². The third-order valence-electron chi connectivity index (χ3n) is 3.57. The van der Waals surface area contributed by atoms with Gasteiger partial charge in [-0.1, -0.05) is 12.1 Å². The van der Waals surface area contributed by atoms with Crippen molar-refractivity contribution < 1.29 is 38.9 Å². The molecule has 0 unspecified atom stereocenters. The standard InChI is InChI=1S/C17H10O8/c18-14(19)11-6-5-10(7-12(11)15(20)21)24-9-3-1-8(2-4-9)13-16(22)25-17(13)23/h1-7,13H,(H,18,19)(H,20,21). The summed E-state index contributed by atoms with van der Waals surface area (Å²) < 4.78 is 9.77. The van der Waals surface area contributed by atoms with E-state index in [-0.39, 0.29) is 11.3 Å². The Morgan fingerprint density at radius 3 is 1.92 bits per heavy atom. The van der Waals surface area contributed by atoms with Gasteiger partial charge in [-0.25, -0.2) is 9.59 Å². The number of esters is 2. The second-order valence-electron chi connectivity index (χ2n) is 5.16. The Morgan fingerprint density at radius 1 is 0.840 bits per heavy atom. The lowest BCUT2D eigenvalue weighted by Crippen LogP contribution is -2.38. The van der Waals surface area contributed by atoms with E-state index in [1.807, 2.05) is 0 Å². The fourth-order valence-electron chi connectivity index (χ4n) is 2.34. The van der Waals surface area contributed by atoms with Crippen molar-refractivity contribution in [1.82, 2.24) is 0 Å². The van der Waals surface area contributed by atoms with Crippen molar-refractivity contribution >= 4 is 23.9 Å². The highest BCUT2D eigenvalue weighted by Gasteiger charge is 2.42. The first kappa shape index (κ1) is 16.2. The van der Waals surface area contributed by atoms with Gasteiger partial charge >= 0.3 is 23.9 Å². The van der Waals surface area contributed by atoms with Gasteiger partial charge in [0.2, 0.25) is 0 Å². The molecule has 0 aromatic heterocycles.